The number of aromatic nitrogens is 6. The molecule has 0 saturated heterocycles. The van der Waals surface area contributed by atoms with E-state index in [2.05, 4.69) is 20.2 Å². The number of imidazole rings is 1. The third-order valence-corrected chi connectivity index (χ3v) is 6.60. The van der Waals surface area contributed by atoms with Crippen LogP contribution in [0.25, 0.3) is 11.0 Å². The van der Waals surface area contributed by atoms with Crippen LogP contribution < -0.4 is 0 Å². The number of carbonyl (C=O) groups is 1. The first-order valence-corrected chi connectivity index (χ1v) is 11.7. The van der Waals surface area contributed by atoms with Crippen molar-refractivity contribution in [3.63, 3.8) is 0 Å². The Labute approximate surface area is 209 Å². The van der Waals surface area contributed by atoms with Crippen LogP contribution in [0.4, 0.5) is 13.2 Å². The molecule has 1 unspecified atom stereocenters. The molecule has 1 atom stereocenters. The zero-order chi connectivity index (χ0) is 25.9. The number of nitrogens with one attached hydrogen (secondary N) is 1. The highest BCUT2D eigenvalue weighted by Gasteiger charge is 2.39. The number of fused-ring (bicyclic) bond motifs is 3. The minimum absolute atomic E-state index is 0.0792. The quantitative estimate of drug-likeness (QED) is 0.401. The minimum Gasteiger partial charge on any atom is -0.348 e. The van der Waals surface area contributed by atoms with Crippen LogP contribution in [0.2, 0.25) is 0 Å². The summed E-state index contributed by atoms with van der Waals surface area (Å²) in [5.74, 6) is -0.290. The molecule has 6 heterocycles. The van der Waals surface area contributed by atoms with E-state index in [1.807, 2.05) is 37.3 Å². The molecule has 0 bridgehead atoms. The molecule has 1 N–H and O–H groups in total. The van der Waals surface area contributed by atoms with Gasteiger partial charge in [-0.25, -0.2) is 14.0 Å². The van der Waals surface area contributed by atoms with Gasteiger partial charge in [0.2, 0.25) is 0 Å². The topological polar surface area (TPSA) is 86.8 Å². The molecule has 0 aromatic carbocycles. The van der Waals surface area contributed by atoms with Gasteiger partial charge in [0, 0.05) is 37.6 Å². The summed E-state index contributed by atoms with van der Waals surface area (Å²) in [5.41, 5.74) is 2.93. The molecule has 0 radical (unpaired) electrons. The summed E-state index contributed by atoms with van der Waals surface area (Å²) < 4.78 is 43.9. The summed E-state index contributed by atoms with van der Waals surface area (Å²) in [5, 5.41) is 8.84. The Bertz CT molecular complexity index is 1630. The van der Waals surface area contributed by atoms with E-state index in [0.29, 0.717) is 35.4 Å². The van der Waals surface area contributed by atoms with Gasteiger partial charge in [-0.3, -0.25) is 4.79 Å². The second-order valence-electron chi connectivity index (χ2n) is 9.40. The van der Waals surface area contributed by atoms with Crippen LogP contribution in [0.1, 0.15) is 44.6 Å². The van der Waals surface area contributed by atoms with Gasteiger partial charge in [0.25, 0.3) is 5.91 Å². The van der Waals surface area contributed by atoms with Crippen molar-refractivity contribution in [2.45, 2.75) is 25.2 Å². The summed E-state index contributed by atoms with van der Waals surface area (Å²) in [6.07, 6.45) is 2.40. The second-order valence-corrected chi connectivity index (χ2v) is 9.40. The summed E-state index contributed by atoms with van der Waals surface area (Å²) in [7, 11) is 3.94. The van der Waals surface area contributed by atoms with Crippen molar-refractivity contribution in [2.24, 2.45) is 0 Å². The molecule has 12 heteroatoms. The summed E-state index contributed by atoms with van der Waals surface area (Å²) >= 11 is 0. The molecule has 6 rings (SSSR count). The molecular weight excluding hydrogens is 485 g/mol. The predicted octanol–water partition coefficient (Wildman–Crippen LogP) is 3.57. The van der Waals surface area contributed by atoms with Crippen LogP contribution in [0.5, 0.6) is 0 Å². The maximum absolute atomic E-state index is 13.9. The number of H-pyrrole nitrogens is 1. The molecule has 0 saturated carbocycles. The van der Waals surface area contributed by atoms with Crippen LogP contribution in [0, 0.1) is 0 Å². The van der Waals surface area contributed by atoms with E-state index >= 15 is 0 Å². The Morgan fingerprint density at radius 2 is 2.03 bits per heavy atom. The molecule has 0 aliphatic carbocycles. The lowest BCUT2D eigenvalue weighted by Crippen LogP contribution is -2.41. The van der Waals surface area contributed by atoms with Gasteiger partial charge in [-0.1, -0.05) is 6.07 Å². The number of nitrogens with zero attached hydrogens (tertiary/aromatic N) is 7. The lowest BCUT2D eigenvalue weighted by molar-refractivity contribution is -0.136. The first kappa shape index (κ1) is 23.2. The zero-order valence-electron chi connectivity index (χ0n) is 20.1. The maximum Gasteiger partial charge on any atom is 0.418 e. The monoisotopic (exact) mass is 508 g/mol. The van der Waals surface area contributed by atoms with E-state index in [4.69, 9.17) is 0 Å². The van der Waals surface area contributed by atoms with E-state index in [9.17, 15) is 18.0 Å². The van der Waals surface area contributed by atoms with E-state index in [1.165, 1.54) is 35.4 Å². The average molecular weight is 509 g/mol. The highest BCUT2D eigenvalue weighted by atomic mass is 19.4. The Balaban J connectivity index is 1.43. The fourth-order valence-corrected chi connectivity index (χ4v) is 5.01. The van der Waals surface area contributed by atoms with Gasteiger partial charge in [-0.15, -0.1) is 0 Å². The normalized spacial score (nSPS) is 16.2. The molecule has 1 aliphatic heterocycles. The van der Waals surface area contributed by atoms with Gasteiger partial charge in [-0.05, 0) is 43.9 Å². The molecule has 1 aliphatic rings. The van der Waals surface area contributed by atoms with E-state index < -0.39 is 17.8 Å². The zero-order valence-corrected chi connectivity index (χ0v) is 20.1. The van der Waals surface area contributed by atoms with Gasteiger partial charge in [0.1, 0.15) is 6.04 Å². The van der Waals surface area contributed by atoms with Crippen LogP contribution in [0.15, 0.2) is 55.2 Å². The number of alkyl halides is 3. The highest BCUT2D eigenvalue weighted by molar-refractivity contribution is 6.01. The average Bonchev–Trinajstić information content (AvgIpc) is 3.58. The highest BCUT2D eigenvalue weighted by Crippen LogP contribution is 2.37. The molecule has 9 nitrogen and oxygen atoms in total. The minimum atomic E-state index is -4.54. The third kappa shape index (κ3) is 3.93. The van der Waals surface area contributed by atoms with E-state index in [0.717, 1.165) is 23.9 Å². The van der Waals surface area contributed by atoms with Gasteiger partial charge in [-0.2, -0.15) is 23.4 Å². The number of amides is 1. The molecular formula is C25H23F3N8O. The summed E-state index contributed by atoms with van der Waals surface area (Å²) in [6.45, 7) is 1.07. The predicted molar refractivity (Wildman–Crippen MR) is 128 cm³/mol. The van der Waals surface area contributed by atoms with Crippen molar-refractivity contribution in [2.75, 3.05) is 20.6 Å². The molecule has 0 fully saturated rings. The number of aromatic amines is 1. The Morgan fingerprint density at radius 3 is 2.81 bits per heavy atom. The number of pyridine rings is 2. The molecule has 5 aromatic heterocycles. The van der Waals surface area contributed by atoms with Crippen LogP contribution in [0.3, 0.4) is 0 Å². The van der Waals surface area contributed by atoms with E-state index in [-0.39, 0.29) is 11.4 Å². The lowest BCUT2D eigenvalue weighted by Gasteiger charge is -2.33. The Morgan fingerprint density at radius 1 is 1.19 bits per heavy atom. The first-order chi connectivity index (χ1) is 17.7. The number of hydrogen-bond donors (Lipinski definition) is 1. The van der Waals surface area contributed by atoms with Gasteiger partial charge >= 0.3 is 6.18 Å². The van der Waals surface area contributed by atoms with Crippen molar-refractivity contribution >= 4 is 16.9 Å². The van der Waals surface area contributed by atoms with Crippen molar-refractivity contribution in [3.8, 4) is 0 Å². The summed E-state index contributed by atoms with van der Waals surface area (Å²) in [6, 6.07) is 6.77. The number of hydrogen-bond acceptors (Lipinski definition) is 5. The Hall–Kier alpha value is -4.19. The van der Waals surface area contributed by atoms with Gasteiger partial charge in [0.05, 0.1) is 46.1 Å². The van der Waals surface area contributed by atoms with Crippen molar-refractivity contribution in [3.05, 3.63) is 89.0 Å². The second kappa shape index (κ2) is 8.44. The SMILES string of the molecule is CN(C)Cc1ccc2c(C(=O)N3CCc4[nH]cnc4C3c3cc4c(C(F)(F)F)cccn4n3)cnn2c1. The fraction of sp³-hybridized carbons (Fsp3) is 0.280. The van der Waals surface area contributed by atoms with Crippen LogP contribution in [-0.2, 0) is 19.1 Å². The van der Waals surface area contributed by atoms with Crippen LogP contribution >= 0.6 is 0 Å². The molecule has 1 amide bonds. The maximum atomic E-state index is 13.9. The number of halogens is 3. The fourth-order valence-electron chi connectivity index (χ4n) is 5.01. The number of carbonyl (C=O) groups excluding carboxylic acids is 1. The largest absolute Gasteiger partial charge is 0.418 e. The molecule has 190 valence electrons. The van der Waals surface area contributed by atoms with Crippen molar-refractivity contribution in [1.29, 1.82) is 0 Å². The standard InChI is InChI=1S/C25H23F3N8O/c1-33(2)12-15-5-6-20-16(11-31-36(20)13-15)24(37)34-9-7-18-22(30-14-29-18)23(34)19-10-21-17(25(26,27)28)4-3-8-35(21)32-19/h3-6,8,10-11,13-14,23H,7,9,12H2,1-2H3,(H,29,30). The lowest BCUT2D eigenvalue weighted by atomic mass is 9.98. The van der Waals surface area contributed by atoms with Crippen molar-refractivity contribution in [1.82, 2.24) is 39.0 Å². The first-order valence-electron chi connectivity index (χ1n) is 11.7. The van der Waals surface area contributed by atoms with Crippen molar-refractivity contribution < 1.29 is 18.0 Å². The van der Waals surface area contributed by atoms with E-state index in [1.54, 1.807) is 9.42 Å². The Kier molecular flexibility index (Phi) is 5.30. The van der Waals surface area contributed by atoms with Gasteiger partial charge < -0.3 is 14.8 Å². The third-order valence-electron chi connectivity index (χ3n) is 6.60. The van der Waals surface area contributed by atoms with Crippen LogP contribution in [-0.4, -0.2) is 65.5 Å². The molecule has 37 heavy (non-hydrogen) atoms. The smallest absolute Gasteiger partial charge is 0.348 e. The molecule has 0 spiro atoms. The molecule has 5 aromatic rings. The van der Waals surface area contributed by atoms with Gasteiger partial charge in [0.15, 0.2) is 0 Å². The summed E-state index contributed by atoms with van der Waals surface area (Å²) in [4.78, 5) is 25.1. The number of rotatable bonds is 4.